The number of likely N-dealkylation sites (tertiary alicyclic amines) is 2. The number of nitrogens with zero attached hydrogens (tertiary/aromatic N) is 2. The molecule has 3 aromatic carbocycles. The van der Waals surface area contributed by atoms with Gasteiger partial charge in [-0.3, -0.25) is 9.59 Å². The molecule has 0 aliphatic carbocycles. The molecule has 2 aliphatic rings. The summed E-state index contributed by atoms with van der Waals surface area (Å²) in [6.45, 7) is 4.63. The lowest BCUT2D eigenvalue weighted by atomic mass is 9.70. The summed E-state index contributed by atoms with van der Waals surface area (Å²) < 4.78 is 11.1. The Hall–Kier alpha value is -4.79. The van der Waals surface area contributed by atoms with Gasteiger partial charge in [0.05, 0.1) is 32.1 Å². The van der Waals surface area contributed by atoms with Crippen LogP contribution in [0.15, 0.2) is 85.5 Å². The molecule has 0 saturated carbocycles. The van der Waals surface area contributed by atoms with Crippen LogP contribution in [0.25, 0.3) is 0 Å². The van der Waals surface area contributed by atoms with Gasteiger partial charge in [0.25, 0.3) is 0 Å². The Kier molecular flexibility index (Phi) is 9.53. The van der Waals surface area contributed by atoms with Gasteiger partial charge in [0.15, 0.2) is 11.5 Å². The number of urea groups is 1. The highest BCUT2D eigenvalue weighted by Gasteiger charge is 2.53. The van der Waals surface area contributed by atoms with Gasteiger partial charge >= 0.3 is 6.03 Å². The van der Waals surface area contributed by atoms with Crippen LogP contribution in [-0.4, -0.2) is 65.5 Å². The molecule has 2 fully saturated rings. The molecule has 2 N–H and O–H groups in total. The summed E-state index contributed by atoms with van der Waals surface area (Å²) in [7, 11) is 3.12. The van der Waals surface area contributed by atoms with Gasteiger partial charge in [0.2, 0.25) is 5.91 Å². The van der Waals surface area contributed by atoms with Crippen LogP contribution in [0.2, 0.25) is 0 Å². The standard InChI is InChI=1S/C35H39N3O6/c1-4-9-26-19-30(40)32-28(18-23-14-16-27(39)17-15-23)34(41)37(21-25-12-8-13-31(43-2)33(25)44-3)22-29(32)38(26)35(42)36-20-24-10-6-5-7-11-24/h4-8,10-17,26,28-29,32,39H,1,9,18-22H2,2-3H3,(H,36,42)/t26-,28-,29+,32?/m1/s1. The van der Waals surface area contributed by atoms with E-state index in [0.717, 1.165) is 16.7 Å². The second-order valence-corrected chi connectivity index (χ2v) is 11.3. The van der Waals surface area contributed by atoms with E-state index in [1.807, 2.05) is 42.5 Å². The number of piperidine rings is 2. The summed E-state index contributed by atoms with van der Waals surface area (Å²) in [5.41, 5.74) is 2.54. The van der Waals surface area contributed by atoms with Gasteiger partial charge in [-0.15, -0.1) is 6.58 Å². The van der Waals surface area contributed by atoms with Crippen molar-refractivity contribution in [2.24, 2.45) is 11.8 Å². The minimum Gasteiger partial charge on any atom is -0.508 e. The predicted octanol–water partition coefficient (Wildman–Crippen LogP) is 4.72. The first-order chi connectivity index (χ1) is 21.3. The Balaban J connectivity index is 1.52. The number of amides is 3. The molecule has 2 heterocycles. The molecular weight excluding hydrogens is 558 g/mol. The van der Waals surface area contributed by atoms with Crippen LogP contribution in [-0.2, 0) is 29.1 Å². The topological polar surface area (TPSA) is 108 Å². The smallest absolute Gasteiger partial charge is 0.318 e. The fourth-order valence-electron chi connectivity index (χ4n) is 6.62. The second-order valence-electron chi connectivity index (χ2n) is 11.3. The molecule has 3 aromatic rings. The minimum absolute atomic E-state index is 0.0234. The van der Waals surface area contributed by atoms with Gasteiger partial charge in [-0.1, -0.05) is 60.7 Å². The van der Waals surface area contributed by atoms with E-state index in [1.165, 1.54) is 0 Å². The third-order valence-corrected chi connectivity index (χ3v) is 8.64. The van der Waals surface area contributed by atoms with Crippen LogP contribution in [0, 0.1) is 11.8 Å². The monoisotopic (exact) mass is 597 g/mol. The Morgan fingerprint density at radius 2 is 1.75 bits per heavy atom. The summed E-state index contributed by atoms with van der Waals surface area (Å²) in [6, 6.07) is 20.6. The summed E-state index contributed by atoms with van der Waals surface area (Å²) in [4.78, 5) is 45.6. The van der Waals surface area contributed by atoms with Crippen LogP contribution >= 0.6 is 0 Å². The van der Waals surface area contributed by atoms with E-state index in [1.54, 1.807) is 60.4 Å². The molecule has 0 radical (unpaired) electrons. The number of Topliss-reactive ketones (excluding diaryl/α,β-unsaturated/α-hetero) is 1. The molecular formula is C35H39N3O6. The van der Waals surface area contributed by atoms with Crippen molar-refractivity contribution in [1.29, 1.82) is 0 Å². The molecule has 0 spiro atoms. The van der Waals surface area contributed by atoms with E-state index in [-0.39, 0.29) is 49.0 Å². The zero-order valence-electron chi connectivity index (χ0n) is 25.1. The van der Waals surface area contributed by atoms with E-state index in [9.17, 15) is 19.5 Å². The van der Waals surface area contributed by atoms with Crippen LogP contribution in [0.3, 0.4) is 0 Å². The highest BCUT2D eigenvalue weighted by molar-refractivity contribution is 5.93. The van der Waals surface area contributed by atoms with Gasteiger partial charge in [-0.2, -0.15) is 0 Å². The number of hydrogen-bond donors (Lipinski definition) is 2. The minimum atomic E-state index is -0.698. The number of fused-ring (bicyclic) bond motifs is 1. The lowest BCUT2D eigenvalue weighted by Crippen LogP contribution is -2.68. The maximum absolute atomic E-state index is 14.3. The summed E-state index contributed by atoms with van der Waals surface area (Å²) in [5, 5.41) is 12.9. The van der Waals surface area contributed by atoms with E-state index in [0.29, 0.717) is 30.9 Å². The summed E-state index contributed by atoms with van der Waals surface area (Å²) in [6.07, 6.45) is 2.63. The number of rotatable bonds is 10. The number of nitrogens with one attached hydrogen (secondary N) is 1. The quantitative estimate of drug-likeness (QED) is 0.328. The summed E-state index contributed by atoms with van der Waals surface area (Å²) >= 11 is 0. The van der Waals surface area contributed by atoms with E-state index in [4.69, 9.17) is 9.47 Å². The largest absolute Gasteiger partial charge is 0.508 e. The van der Waals surface area contributed by atoms with Crippen molar-refractivity contribution in [3.05, 3.63) is 102 Å². The van der Waals surface area contributed by atoms with Crippen LogP contribution in [0.4, 0.5) is 4.79 Å². The third-order valence-electron chi connectivity index (χ3n) is 8.64. The Bertz CT molecular complexity index is 1490. The maximum Gasteiger partial charge on any atom is 0.318 e. The lowest BCUT2D eigenvalue weighted by Gasteiger charge is -2.52. The average molecular weight is 598 g/mol. The molecule has 1 unspecified atom stereocenters. The number of phenolic OH excluding ortho intramolecular Hbond substituents is 1. The number of carbonyl (C=O) groups excluding carboxylic acids is 3. The van der Waals surface area contributed by atoms with E-state index >= 15 is 0 Å². The first kappa shape index (κ1) is 30.7. The number of hydrogen-bond acceptors (Lipinski definition) is 6. The molecule has 5 rings (SSSR count). The number of phenols is 1. The molecule has 0 aromatic heterocycles. The maximum atomic E-state index is 14.3. The fraction of sp³-hybridized carbons (Fsp3) is 0.343. The van der Waals surface area contributed by atoms with Gasteiger partial charge in [-0.25, -0.2) is 4.79 Å². The third kappa shape index (κ3) is 6.41. The fourth-order valence-corrected chi connectivity index (χ4v) is 6.62. The molecule has 9 nitrogen and oxygen atoms in total. The molecule has 230 valence electrons. The molecule has 0 bridgehead atoms. The van der Waals surface area contributed by atoms with E-state index in [2.05, 4.69) is 11.9 Å². The number of benzene rings is 3. The zero-order chi connectivity index (χ0) is 31.2. The van der Waals surface area contributed by atoms with Crippen LogP contribution in [0.1, 0.15) is 29.5 Å². The van der Waals surface area contributed by atoms with Crippen LogP contribution < -0.4 is 14.8 Å². The van der Waals surface area contributed by atoms with Gasteiger partial charge in [0.1, 0.15) is 11.5 Å². The van der Waals surface area contributed by atoms with Crippen molar-refractivity contribution in [3.63, 3.8) is 0 Å². The van der Waals surface area contributed by atoms with Crippen molar-refractivity contribution in [2.45, 2.75) is 44.4 Å². The van der Waals surface area contributed by atoms with Gasteiger partial charge < -0.3 is 29.7 Å². The number of methoxy groups -OCH3 is 2. The molecule has 44 heavy (non-hydrogen) atoms. The van der Waals surface area contributed by atoms with E-state index < -0.39 is 17.9 Å². The number of ether oxygens (including phenoxy) is 2. The normalized spacial score (nSPS) is 21.4. The number of aromatic hydroxyl groups is 1. The van der Waals surface area contributed by atoms with Crippen molar-refractivity contribution in [3.8, 4) is 17.2 Å². The van der Waals surface area contributed by atoms with Gasteiger partial charge in [-0.05, 0) is 42.2 Å². The molecule has 3 amide bonds. The highest BCUT2D eigenvalue weighted by Crippen LogP contribution is 2.40. The second kappa shape index (κ2) is 13.7. The van der Waals surface area contributed by atoms with Crippen molar-refractivity contribution >= 4 is 17.7 Å². The molecule has 4 atom stereocenters. The number of carbonyl (C=O) groups is 3. The Morgan fingerprint density at radius 3 is 2.43 bits per heavy atom. The Morgan fingerprint density at radius 1 is 1.00 bits per heavy atom. The van der Waals surface area contributed by atoms with Gasteiger partial charge in [0, 0.05) is 37.7 Å². The number of ketones is 1. The molecule has 2 saturated heterocycles. The number of para-hydroxylation sites is 1. The van der Waals surface area contributed by atoms with Crippen molar-refractivity contribution in [2.75, 3.05) is 20.8 Å². The first-order valence-electron chi connectivity index (χ1n) is 14.8. The zero-order valence-corrected chi connectivity index (χ0v) is 25.1. The van der Waals surface area contributed by atoms with Crippen molar-refractivity contribution in [1.82, 2.24) is 15.1 Å². The SMILES string of the molecule is C=CC[C@@H]1CC(=O)C2[C@@H](Cc3ccc(O)cc3)C(=O)N(Cc3cccc(OC)c3OC)C[C@@H]2N1C(=O)NCc1ccccc1. The highest BCUT2D eigenvalue weighted by atomic mass is 16.5. The molecule has 2 aliphatic heterocycles. The summed E-state index contributed by atoms with van der Waals surface area (Å²) in [5.74, 6) is -0.361. The first-order valence-corrected chi connectivity index (χ1v) is 14.8. The average Bonchev–Trinajstić information content (AvgIpc) is 3.03. The molecule has 9 heteroatoms. The van der Waals surface area contributed by atoms with Crippen LogP contribution in [0.5, 0.6) is 17.2 Å². The predicted molar refractivity (Wildman–Crippen MR) is 166 cm³/mol. The Labute approximate surface area is 258 Å². The van der Waals surface area contributed by atoms with Crippen molar-refractivity contribution < 1.29 is 29.0 Å². The lowest BCUT2D eigenvalue weighted by molar-refractivity contribution is -0.155.